The number of halogens is 2. The molecule has 1 saturated heterocycles. The van der Waals surface area contributed by atoms with Crippen molar-refractivity contribution in [2.45, 2.75) is 31.8 Å². The average Bonchev–Trinajstić information content (AvgIpc) is 2.30. The van der Waals surface area contributed by atoms with Gasteiger partial charge in [-0.3, -0.25) is 4.90 Å². The summed E-state index contributed by atoms with van der Waals surface area (Å²) in [5, 5.41) is 0.802. The topological polar surface area (TPSA) is 29.3 Å². The smallest absolute Gasteiger partial charge is 0.0406 e. The van der Waals surface area contributed by atoms with Crippen LogP contribution in [0, 0.1) is 0 Å². The van der Waals surface area contributed by atoms with Crippen LogP contribution in [0.2, 0.25) is 5.02 Å². The highest BCUT2D eigenvalue weighted by Gasteiger charge is 2.21. The van der Waals surface area contributed by atoms with Crippen LogP contribution in [0.3, 0.4) is 0 Å². The van der Waals surface area contributed by atoms with Crippen molar-refractivity contribution in [3.8, 4) is 0 Å². The molecule has 1 heterocycles. The molecule has 0 saturated carbocycles. The van der Waals surface area contributed by atoms with E-state index in [-0.39, 0.29) is 12.4 Å². The molecule has 17 heavy (non-hydrogen) atoms. The Balaban J connectivity index is 0.00000144. The molecule has 2 nitrogen and oxygen atoms in total. The standard InChI is InChI=1S/C13H19ClN2.ClH/c1-10(11-2-4-12(14)5-3-11)16-8-6-13(15)7-9-16;/h2-5,10,13H,6-9,15H2,1H3;1H. The first kappa shape index (κ1) is 14.8. The summed E-state index contributed by atoms with van der Waals surface area (Å²) >= 11 is 5.89. The van der Waals surface area contributed by atoms with E-state index in [1.165, 1.54) is 5.56 Å². The summed E-state index contributed by atoms with van der Waals surface area (Å²) in [5.74, 6) is 0. The molecule has 1 fully saturated rings. The van der Waals surface area contributed by atoms with Gasteiger partial charge in [-0.15, -0.1) is 12.4 Å². The van der Waals surface area contributed by atoms with E-state index in [0.29, 0.717) is 12.1 Å². The summed E-state index contributed by atoms with van der Waals surface area (Å²) < 4.78 is 0. The first-order chi connectivity index (χ1) is 7.66. The first-order valence-electron chi connectivity index (χ1n) is 5.92. The fourth-order valence-corrected chi connectivity index (χ4v) is 2.38. The van der Waals surface area contributed by atoms with Crippen LogP contribution in [0.5, 0.6) is 0 Å². The van der Waals surface area contributed by atoms with E-state index in [4.69, 9.17) is 17.3 Å². The second-order valence-electron chi connectivity index (χ2n) is 4.60. The van der Waals surface area contributed by atoms with Crippen LogP contribution in [-0.2, 0) is 0 Å². The SMILES string of the molecule is CC(c1ccc(Cl)cc1)N1CCC(N)CC1.Cl. The minimum Gasteiger partial charge on any atom is -0.328 e. The summed E-state index contributed by atoms with van der Waals surface area (Å²) in [6.07, 6.45) is 2.22. The highest BCUT2D eigenvalue weighted by atomic mass is 35.5. The van der Waals surface area contributed by atoms with Gasteiger partial charge in [0.2, 0.25) is 0 Å². The van der Waals surface area contributed by atoms with Gasteiger partial charge in [0.1, 0.15) is 0 Å². The van der Waals surface area contributed by atoms with Crippen molar-refractivity contribution in [3.05, 3.63) is 34.9 Å². The number of nitrogens with two attached hydrogens (primary N) is 1. The molecule has 1 unspecified atom stereocenters. The van der Waals surface area contributed by atoms with Crippen molar-refractivity contribution in [2.24, 2.45) is 5.73 Å². The normalized spacial score (nSPS) is 19.7. The van der Waals surface area contributed by atoms with Gasteiger partial charge in [0.05, 0.1) is 0 Å². The Morgan fingerprint density at radius 3 is 2.29 bits per heavy atom. The Bertz CT molecular complexity index is 332. The lowest BCUT2D eigenvalue weighted by atomic mass is 10.0. The highest BCUT2D eigenvalue weighted by molar-refractivity contribution is 6.30. The van der Waals surface area contributed by atoms with E-state index in [1.807, 2.05) is 12.1 Å². The van der Waals surface area contributed by atoms with Crippen molar-refractivity contribution in [1.29, 1.82) is 0 Å². The maximum atomic E-state index is 5.91. The monoisotopic (exact) mass is 274 g/mol. The van der Waals surface area contributed by atoms with Gasteiger partial charge in [-0.2, -0.15) is 0 Å². The van der Waals surface area contributed by atoms with Gasteiger partial charge in [-0.05, 0) is 37.5 Å². The van der Waals surface area contributed by atoms with E-state index in [9.17, 15) is 0 Å². The first-order valence-corrected chi connectivity index (χ1v) is 6.29. The molecule has 0 aromatic heterocycles. The molecule has 4 heteroatoms. The number of piperidine rings is 1. The van der Waals surface area contributed by atoms with Crippen molar-refractivity contribution in [3.63, 3.8) is 0 Å². The molecule has 0 aliphatic carbocycles. The van der Waals surface area contributed by atoms with Crippen molar-refractivity contribution in [1.82, 2.24) is 4.90 Å². The summed E-state index contributed by atoms with van der Waals surface area (Å²) in [4.78, 5) is 2.49. The van der Waals surface area contributed by atoms with Crippen LogP contribution >= 0.6 is 24.0 Å². The number of nitrogens with zero attached hydrogens (tertiary/aromatic N) is 1. The Morgan fingerprint density at radius 1 is 1.24 bits per heavy atom. The molecule has 96 valence electrons. The van der Waals surface area contributed by atoms with Gasteiger partial charge in [-0.25, -0.2) is 0 Å². The van der Waals surface area contributed by atoms with Crippen LogP contribution < -0.4 is 5.73 Å². The van der Waals surface area contributed by atoms with Crippen molar-refractivity contribution < 1.29 is 0 Å². The second kappa shape index (κ2) is 6.60. The molecular weight excluding hydrogens is 255 g/mol. The van der Waals surface area contributed by atoms with E-state index >= 15 is 0 Å². The molecule has 0 radical (unpaired) electrons. The van der Waals surface area contributed by atoms with Crippen LogP contribution in [0.4, 0.5) is 0 Å². The quantitative estimate of drug-likeness (QED) is 0.897. The molecule has 0 spiro atoms. The van der Waals surface area contributed by atoms with Crippen LogP contribution in [-0.4, -0.2) is 24.0 Å². The second-order valence-corrected chi connectivity index (χ2v) is 5.04. The lowest BCUT2D eigenvalue weighted by Crippen LogP contribution is -2.40. The van der Waals surface area contributed by atoms with Gasteiger partial charge in [0, 0.05) is 30.2 Å². The van der Waals surface area contributed by atoms with Crippen LogP contribution in [0.25, 0.3) is 0 Å². The lowest BCUT2D eigenvalue weighted by molar-refractivity contribution is 0.163. The molecule has 0 bridgehead atoms. The molecule has 1 aliphatic heterocycles. The Hall–Kier alpha value is -0.280. The average molecular weight is 275 g/mol. The minimum atomic E-state index is 0. The van der Waals surface area contributed by atoms with Gasteiger partial charge in [0.25, 0.3) is 0 Å². The third-order valence-corrected chi connectivity index (χ3v) is 3.73. The molecule has 1 atom stereocenters. The van der Waals surface area contributed by atoms with E-state index in [2.05, 4.69) is 24.0 Å². The Kier molecular flexibility index (Phi) is 5.74. The summed E-state index contributed by atoms with van der Waals surface area (Å²) in [5.41, 5.74) is 7.24. The zero-order valence-electron chi connectivity index (χ0n) is 10.1. The molecule has 1 aliphatic rings. The van der Waals surface area contributed by atoms with Crippen molar-refractivity contribution >= 4 is 24.0 Å². The lowest BCUT2D eigenvalue weighted by Gasteiger charge is -2.35. The molecular formula is C13H20Cl2N2. The maximum Gasteiger partial charge on any atom is 0.0406 e. The number of benzene rings is 1. The van der Waals surface area contributed by atoms with Crippen molar-refractivity contribution in [2.75, 3.05) is 13.1 Å². The van der Waals surface area contributed by atoms with Crippen LogP contribution in [0.15, 0.2) is 24.3 Å². The fourth-order valence-electron chi connectivity index (χ4n) is 2.26. The predicted molar refractivity (Wildman–Crippen MR) is 75.9 cm³/mol. The van der Waals surface area contributed by atoms with E-state index in [1.54, 1.807) is 0 Å². The summed E-state index contributed by atoms with van der Waals surface area (Å²) in [6, 6.07) is 9.01. The van der Waals surface area contributed by atoms with E-state index in [0.717, 1.165) is 31.0 Å². The number of rotatable bonds is 2. The molecule has 1 aromatic carbocycles. The fraction of sp³-hybridized carbons (Fsp3) is 0.538. The zero-order chi connectivity index (χ0) is 11.5. The predicted octanol–water partition coefficient (Wildman–Crippen LogP) is 3.25. The van der Waals surface area contributed by atoms with Gasteiger partial charge in [-0.1, -0.05) is 23.7 Å². The maximum absolute atomic E-state index is 5.91. The minimum absolute atomic E-state index is 0. The zero-order valence-corrected chi connectivity index (χ0v) is 11.7. The molecule has 2 rings (SSSR count). The highest BCUT2D eigenvalue weighted by Crippen LogP contribution is 2.24. The van der Waals surface area contributed by atoms with Gasteiger partial charge >= 0.3 is 0 Å². The summed E-state index contributed by atoms with van der Waals surface area (Å²) in [7, 11) is 0. The van der Waals surface area contributed by atoms with Crippen LogP contribution in [0.1, 0.15) is 31.4 Å². The molecule has 2 N–H and O–H groups in total. The third-order valence-electron chi connectivity index (χ3n) is 3.47. The number of likely N-dealkylation sites (tertiary alicyclic amines) is 1. The van der Waals surface area contributed by atoms with E-state index < -0.39 is 0 Å². The Morgan fingerprint density at radius 2 is 1.76 bits per heavy atom. The largest absolute Gasteiger partial charge is 0.328 e. The molecule has 0 amide bonds. The van der Waals surface area contributed by atoms with Gasteiger partial charge < -0.3 is 5.73 Å². The third kappa shape index (κ3) is 3.85. The van der Waals surface area contributed by atoms with Gasteiger partial charge in [0.15, 0.2) is 0 Å². The molecule has 1 aromatic rings. The number of hydrogen-bond donors (Lipinski definition) is 1. The Labute approximate surface area is 115 Å². The number of hydrogen-bond acceptors (Lipinski definition) is 2. The summed E-state index contributed by atoms with van der Waals surface area (Å²) in [6.45, 7) is 4.45.